The van der Waals surface area contributed by atoms with E-state index >= 15 is 0 Å². The Kier molecular flexibility index (Phi) is 4.68. The van der Waals surface area contributed by atoms with Crippen LogP contribution < -0.4 is 5.32 Å². The summed E-state index contributed by atoms with van der Waals surface area (Å²) in [5, 5.41) is 2.60. The zero-order valence-corrected chi connectivity index (χ0v) is 16.3. The van der Waals surface area contributed by atoms with Gasteiger partial charge in [-0.2, -0.15) is 0 Å². The van der Waals surface area contributed by atoms with Crippen molar-refractivity contribution in [3.63, 3.8) is 0 Å². The number of imide groups is 1. The summed E-state index contributed by atoms with van der Waals surface area (Å²) in [7, 11) is 0. The average Bonchev–Trinajstić information content (AvgIpc) is 2.99. The van der Waals surface area contributed by atoms with Gasteiger partial charge in [-0.1, -0.05) is 18.2 Å². The third kappa shape index (κ3) is 3.52. The highest BCUT2D eigenvalue weighted by atomic mass is 19.1. The predicted molar refractivity (Wildman–Crippen MR) is 102 cm³/mol. The maximum atomic E-state index is 13.9. The quantitative estimate of drug-likeness (QED) is 0.654. The number of rotatable bonds is 3. The van der Waals surface area contributed by atoms with E-state index in [1.165, 1.54) is 6.07 Å². The van der Waals surface area contributed by atoms with Gasteiger partial charge >= 0.3 is 6.03 Å². The molecule has 0 bridgehead atoms. The summed E-state index contributed by atoms with van der Waals surface area (Å²) in [4.78, 5) is 25.9. The zero-order valence-electron chi connectivity index (χ0n) is 16.3. The van der Waals surface area contributed by atoms with Crippen molar-refractivity contribution in [3.05, 3.63) is 64.4 Å². The van der Waals surface area contributed by atoms with Crippen LogP contribution >= 0.6 is 0 Å². The molecule has 1 aromatic carbocycles. The molecule has 5 nitrogen and oxygen atoms in total. The van der Waals surface area contributed by atoms with Crippen LogP contribution in [0.1, 0.15) is 43.3 Å². The molecular formula is C21H24FN3O2. The fourth-order valence-corrected chi connectivity index (χ4v) is 3.63. The van der Waals surface area contributed by atoms with E-state index in [4.69, 9.17) is 0 Å². The van der Waals surface area contributed by atoms with Crippen molar-refractivity contribution >= 4 is 18.0 Å². The Bertz CT molecular complexity index is 951. The first-order chi connectivity index (χ1) is 12.6. The molecule has 0 spiro atoms. The Morgan fingerprint density at radius 2 is 1.81 bits per heavy atom. The topological polar surface area (TPSA) is 54.3 Å². The molecule has 0 radical (unpaired) electrons. The first-order valence-corrected chi connectivity index (χ1v) is 8.87. The monoisotopic (exact) mass is 369 g/mol. The molecule has 142 valence electrons. The first kappa shape index (κ1) is 18.9. The van der Waals surface area contributed by atoms with E-state index < -0.39 is 17.8 Å². The van der Waals surface area contributed by atoms with Crippen LogP contribution in [0.15, 0.2) is 36.0 Å². The summed E-state index contributed by atoms with van der Waals surface area (Å²) in [6.45, 7) is 10.2. The molecule has 1 aromatic heterocycles. The highest BCUT2D eigenvalue weighted by molar-refractivity contribution is 6.13. The van der Waals surface area contributed by atoms with Gasteiger partial charge in [0.1, 0.15) is 11.5 Å². The number of aromatic nitrogens is 1. The van der Waals surface area contributed by atoms with E-state index in [9.17, 15) is 14.0 Å². The minimum Gasteiger partial charge on any atom is -0.343 e. The molecule has 1 aliphatic rings. The lowest BCUT2D eigenvalue weighted by Crippen LogP contribution is -2.30. The molecule has 0 unspecified atom stereocenters. The van der Waals surface area contributed by atoms with Crippen molar-refractivity contribution in [1.29, 1.82) is 0 Å². The molecule has 1 N–H and O–H groups in total. The lowest BCUT2D eigenvalue weighted by molar-refractivity contribution is -0.123. The maximum absolute atomic E-state index is 13.9. The number of hydrogen-bond donors (Lipinski definition) is 1. The highest BCUT2D eigenvalue weighted by Crippen LogP contribution is 2.27. The molecule has 0 saturated carbocycles. The molecule has 1 saturated heterocycles. The largest absolute Gasteiger partial charge is 0.343 e. The first-order valence-electron chi connectivity index (χ1n) is 8.87. The zero-order chi connectivity index (χ0) is 19.9. The molecule has 3 rings (SSSR count). The van der Waals surface area contributed by atoms with Crippen molar-refractivity contribution < 1.29 is 14.0 Å². The van der Waals surface area contributed by atoms with Gasteiger partial charge in [0.25, 0.3) is 5.91 Å². The number of carbonyl (C=O) groups excluding carboxylic acids is 2. The maximum Gasteiger partial charge on any atom is 0.329 e. The van der Waals surface area contributed by atoms with Gasteiger partial charge in [0, 0.05) is 22.5 Å². The van der Waals surface area contributed by atoms with Gasteiger partial charge in [0.05, 0.1) is 6.54 Å². The molecule has 1 fully saturated rings. The fourth-order valence-electron chi connectivity index (χ4n) is 3.63. The molecule has 27 heavy (non-hydrogen) atoms. The van der Waals surface area contributed by atoms with Crippen LogP contribution in [0, 0.1) is 19.7 Å². The van der Waals surface area contributed by atoms with Crippen LogP contribution in [0.3, 0.4) is 0 Å². The highest BCUT2D eigenvalue weighted by Gasteiger charge is 2.34. The van der Waals surface area contributed by atoms with E-state index in [0.717, 1.165) is 21.9 Å². The number of hydrogen-bond acceptors (Lipinski definition) is 2. The molecule has 0 atom stereocenters. The molecule has 2 aromatic rings. The van der Waals surface area contributed by atoms with Gasteiger partial charge in [0.2, 0.25) is 0 Å². The summed E-state index contributed by atoms with van der Waals surface area (Å²) in [5.74, 6) is -0.895. The Morgan fingerprint density at radius 3 is 2.41 bits per heavy atom. The summed E-state index contributed by atoms with van der Waals surface area (Å²) in [6, 6.07) is 7.57. The third-order valence-electron chi connectivity index (χ3n) is 4.69. The molecule has 2 heterocycles. The van der Waals surface area contributed by atoms with Crippen molar-refractivity contribution in [2.24, 2.45) is 0 Å². The van der Waals surface area contributed by atoms with Crippen LogP contribution in [0.4, 0.5) is 9.18 Å². The second-order valence-electron chi connectivity index (χ2n) is 7.80. The average molecular weight is 369 g/mol. The van der Waals surface area contributed by atoms with Crippen LogP contribution in [-0.4, -0.2) is 21.4 Å². The van der Waals surface area contributed by atoms with E-state index in [1.807, 2.05) is 19.9 Å². The Labute approximate surface area is 158 Å². The number of benzene rings is 1. The summed E-state index contributed by atoms with van der Waals surface area (Å²) >= 11 is 0. The van der Waals surface area contributed by atoms with E-state index in [-0.39, 0.29) is 17.8 Å². The Balaban J connectivity index is 1.90. The van der Waals surface area contributed by atoms with Gasteiger partial charge in [-0.15, -0.1) is 0 Å². The van der Waals surface area contributed by atoms with Crippen molar-refractivity contribution in [3.8, 4) is 0 Å². The summed E-state index contributed by atoms with van der Waals surface area (Å²) in [5.41, 5.74) is 3.37. The molecule has 1 aliphatic heterocycles. The SMILES string of the molecule is Cc1cc(/C=C2/NC(=O)N(Cc3ccccc3F)C2=O)c(C)n1C(C)(C)C. The third-order valence-corrected chi connectivity index (χ3v) is 4.69. The fraction of sp³-hybridized carbons (Fsp3) is 0.333. The molecular weight excluding hydrogens is 345 g/mol. The number of carbonyl (C=O) groups is 2. The Hall–Kier alpha value is -2.89. The Morgan fingerprint density at radius 1 is 1.15 bits per heavy atom. The smallest absolute Gasteiger partial charge is 0.329 e. The van der Waals surface area contributed by atoms with E-state index in [0.29, 0.717) is 5.56 Å². The number of nitrogens with one attached hydrogen (secondary N) is 1. The van der Waals surface area contributed by atoms with Gasteiger partial charge in [-0.3, -0.25) is 9.69 Å². The standard InChI is InChI=1S/C21H24FN3O2/c1-13-10-16(14(2)25(13)21(3,4)5)11-18-19(26)24(20(27)23-18)12-15-8-6-7-9-17(15)22/h6-11H,12H2,1-5H3,(H,23,27)/b18-11+. The van der Waals surface area contributed by atoms with Crippen LogP contribution in [0.25, 0.3) is 6.08 Å². The minimum absolute atomic E-state index is 0.0925. The van der Waals surface area contributed by atoms with Gasteiger partial charge in [0.15, 0.2) is 0 Å². The van der Waals surface area contributed by atoms with E-state index in [1.54, 1.807) is 24.3 Å². The van der Waals surface area contributed by atoms with Gasteiger partial charge in [-0.05, 0) is 58.4 Å². The molecule has 6 heteroatoms. The molecule has 0 aliphatic carbocycles. The van der Waals surface area contributed by atoms with Gasteiger partial charge < -0.3 is 9.88 Å². The second kappa shape index (κ2) is 6.68. The summed E-state index contributed by atoms with van der Waals surface area (Å²) in [6.07, 6.45) is 1.69. The van der Waals surface area contributed by atoms with Crippen molar-refractivity contribution in [2.45, 2.75) is 46.7 Å². The predicted octanol–water partition coefficient (Wildman–Crippen LogP) is 4.09. The lowest BCUT2D eigenvalue weighted by atomic mass is 10.1. The summed E-state index contributed by atoms with van der Waals surface area (Å²) < 4.78 is 16.1. The normalized spacial score (nSPS) is 16.4. The van der Waals surface area contributed by atoms with Gasteiger partial charge in [-0.25, -0.2) is 9.18 Å². The van der Waals surface area contributed by atoms with Crippen LogP contribution in [-0.2, 0) is 16.9 Å². The lowest BCUT2D eigenvalue weighted by Gasteiger charge is -2.25. The van der Waals surface area contributed by atoms with Crippen LogP contribution in [0.5, 0.6) is 0 Å². The number of aryl methyl sites for hydroxylation is 1. The molecule has 3 amide bonds. The number of urea groups is 1. The van der Waals surface area contributed by atoms with Crippen LogP contribution in [0.2, 0.25) is 0 Å². The minimum atomic E-state index is -0.542. The van der Waals surface area contributed by atoms with E-state index in [2.05, 4.69) is 30.7 Å². The van der Waals surface area contributed by atoms with Crippen molar-refractivity contribution in [1.82, 2.24) is 14.8 Å². The second-order valence-corrected chi connectivity index (χ2v) is 7.80. The van der Waals surface area contributed by atoms with Crippen molar-refractivity contribution in [2.75, 3.05) is 0 Å². The number of halogens is 1. The number of nitrogens with zero attached hydrogens (tertiary/aromatic N) is 2. The number of amides is 3.